The molecule has 170 valence electrons. The van der Waals surface area contributed by atoms with E-state index in [9.17, 15) is 14.4 Å². The van der Waals surface area contributed by atoms with Crippen molar-refractivity contribution in [2.75, 3.05) is 6.54 Å². The van der Waals surface area contributed by atoms with Crippen molar-refractivity contribution in [3.8, 4) is 0 Å². The Morgan fingerprint density at radius 1 is 0.970 bits per heavy atom. The van der Waals surface area contributed by atoms with Crippen LogP contribution in [0.2, 0.25) is 0 Å². The maximum atomic E-state index is 13.3. The monoisotopic (exact) mass is 443 g/mol. The number of carbonyl (C=O) groups is 3. The molecule has 4 rings (SSSR count). The fraction of sp³-hybridized carbons (Fsp3) is 0.296. The van der Waals surface area contributed by atoms with Gasteiger partial charge in [-0.25, -0.2) is 4.79 Å². The van der Waals surface area contributed by atoms with E-state index in [1.54, 1.807) is 6.92 Å². The lowest BCUT2D eigenvalue weighted by Gasteiger charge is -2.24. The Balaban J connectivity index is 1.51. The Kier molecular flexibility index (Phi) is 6.18. The van der Waals surface area contributed by atoms with Gasteiger partial charge in [-0.2, -0.15) is 0 Å². The SMILES string of the molecule is CC(C)CC(NC(=O)CN1C(=O)NC(C)(c2ccc3ccccc3c2)C1=O)c1ccccc1. The van der Waals surface area contributed by atoms with Gasteiger partial charge in [0.1, 0.15) is 12.1 Å². The van der Waals surface area contributed by atoms with Crippen molar-refractivity contribution >= 4 is 28.6 Å². The lowest BCUT2D eigenvalue weighted by Crippen LogP contribution is -2.44. The number of amides is 4. The van der Waals surface area contributed by atoms with Crippen molar-refractivity contribution in [1.82, 2.24) is 15.5 Å². The number of imide groups is 1. The van der Waals surface area contributed by atoms with Gasteiger partial charge in [0.15, 0.2) is 0 Å². The minimum Gasteiger partial charge on any atom is -0.348 e. The second kappa shape index (κ2) is 9.06. The van der Waals surface area contributed by atoms with E-state index in [1.165, 1.54) is 0 Å². The summed E-state index contributed by atoms with van der Waals surface area (Å²) in [6.07, 6.45) is 0.755. The predicted molar refractivity (Wildman–Crippen MR) is 128 cm³/mol. The van der Waals surface area contributed by atoms with Crippen LogP contribution in [-0.4, -0.2) is 29.3 Å². The molecule has 33 heavy (non-hydrogen) atoms. The number of benzene rings is 3. The zero-order valence-electron chi connectivity index (χ0n) is 19.2. The first kappa shape index (κ1) is 22.5. The maximum Gasteiger partial charge on any atom is 0.325 e. The van der Waals surface area contributed by atoms with Crippen LogP contribution in [0.25, 0.3) is 10.8 Å². The number of hydrogen-bond donors (Lipinski definition) is 2. The summed E-state index contributed by atoms with van der Waals surface area (Å²) in [4.78, 5) is 39.9. The van der Waals surface area contributed by atoms with Crippen molar-refractivity contribution < 1.29 is 14.4 Å². The first-order chi connectivity index (χ1) is 15.8. The third-order valence-electron chi connectivity index (χ3n) is 6.15. The molecule has 4 amide bonds. The Hall–Kier alpha value is -3.67. The highest BCUT2D eigenvalue weighted by atomic mass is 16.2. The van der Waals surface area contributed by atoms with E-state index in [1.807, 2.05) is 72.8 Å². The average molecular weight is 444 g/mol. The highest BCUT2D eigenvalue weighted by molar-refractivity contribution is 6.09. The fourth-order valence-electron chi connectivity index (χ4n) is 4.36. The lowest BCUT2D eigenvalue weighted by molar-refractivity contribution is -0.135. The Labute approximate surface area is 194 Å². The van der Waals surface area contributed by atoms with E-state index in [0.717, 1.165) is 27.7 Å². The van der Waals surface area contributed by atoms with Crippen LogP contribution < -0.4 is 10.6 Å². The van der Waals surface area contributed by atoms with Gasteiger partial charge >= 0.3 is 6.03 Å². The molecule has 2 N–H and O–H groups in total. The molecule has 6 heteroatoms. The molecule has 3 aromatic carbocycles. The molecule has 1 aliphatic rings. The molecule has 3 aromatic rings. The second-order valence-corrected chi connectivity index (χ2v) is 9.17. The molecule has 0 saturated carbocycles. The molecule has 6 nitrogen and oxygen atoms in total. The molecular formula is C27H29N3O3. The van der Waals surface area contributed by atoms with E-state index in [0.29, 0.717) is 11.5 Å². The molecule has 2 atom stereocenters. The highest BCUT2D eigenvalue weighted by Gasteiger charge is 2.49. The van der Waals surface area contributed by atoms with Crippen molar-refractivity contribution in [2.24, 2.45) is 5.92 Å². The van der Waals surface area contributed by atoms with Crippen LogP contribution >= 0.6 is 0 Å². The molecule has 1 heterocycles. The Morgan fingerprint density at radius 2 is 1.64 bits per heavy atom. The summed E-state index contributed by atoms with van der Waals surface area (Å²) < 4.78 is 0. The van der Waals surface area contributed by atoms with E-state index in [2.05, 4.69) is 24.5 Å². The summed E-state index contributed by atoms with van der Waals surface area (Å²) in [5.74, 6) is -0.433. The summed E-state index contributed by atoms with van der Waals surface area (Å²) in [6, 6.07) is 22.5. The van der Waals surface area contributed by atoms with Crippen molar-refractivity contribution in [3.05, 3.63) is 83.9 Å². The molecule has 1 fully saturated rings. The standard InChI is InChI=1S/C27H29N3O3/c1-18(2)15-23(20-10-5-4-6-11-20)28-24(31)17-30-25(32)27(3,29-26(30)33)22-14-13-19-9-7-8-12-21(19)16-22/h4-14,16,18,23H,15,17H2,1-3H3,(H,28,31)(H,29,33). The summed E-state index contributed by atoms with van der Waals surface area (Å²) in [5, 5.41) is 7.83. The molecule has 1 saturated heterocycles. The van der Waals surface area contributed by atoms with Crippen LogP contribution in [0.15, 0.2) is 72.8 Å². The van der Waals surface area contributed by atoms with Crippen LogP contribution in [0.4, 0.5) is 4.79 Å². The molecule has 0 spiro atoms. The largest absolute Gasteiger partial charge is 0.348 e. The number of hydrogen-bond acceptors (Lipinski definition) is 3. The average Bonchev–Trinajstić information content (AvgIpc) is 3.02. The van der Waals surface area contributed by atoms with Gasteiger partial charge in [0.2, 0.25) is 5.91 Å². The molecule has 0 radical (unpaired) electrons. The molecule has 0 aromatic heterocycles. The van der Waals surface area contributed by atoms with Crippen molar-refractivity contribution in [2.45, 2.75) is 38.8 Å². The van der Waals surface area contributed by atoms with Crippen molar-refractivity contribution in [3.63, 3.8) is 0 Å². The minimum atomic E-state index is -1.22. The van der Waals surface area contributed by atoms with E-state index < -0.39 is 17.5 Å². The van der Waals surface area contributed by atoms with Gasteiger partial charge in [-0.15, -0.1) is 0 Å². The molecule has 1 aliphatic heterocycles. The molecule has 0 aliphatic carbocycles. The summed E-state index contributed by atoms with van der Waals surface area (Å²) >= 11 is 0. The quantitative estimate of drug-likeness (QED) is 0.528. The van der Waals surface area contributed by atoms with Crippen molar-refractivity contribution in [1.29, 1.82) is 0 Å². The normalized spacial score (nSPS) is 19.1. The van der Waals surface area contributed by atoms with Gasteiger partial charge in [0, 0.05) is 0 Å². The number of nitrogens with zero attached hydrogens (tertiary/aromatic N) is 1. The van der Waals surface area contributed by atoms with Gasteiger partial charge in [-0.3, -0.25) is 14.5 Å². The summed E-state index contributed by atoms with van der Waals surface area (Å²) in [5.41, 5.74) is 0.459. The Bertz CT molecular complexity index is 1190. The van der Waals surface area contributed by atoms with Gasteiger partial charge in [0.25, 0.3) is 5.91 Å². The summed E-state index contributed by atoms with van der Waals surface area (Å²) in [7, 11) is 0. The zero-order valence-corrected chi connectivity index (χ0v) is 19.2. The third kappa shape index (κ3) is 4.60. The number of nitrogens with one attached hydrogen (secondary N) is 2. The van der Waals surface area contributed by atoms with E-state index in [-0.39, 0.29) is 18.5 Å². The molecule has 0 bridgehead atoms. The summed E-state index contributed by atoms with van der Waals surface area (Å²) in [6.45, 7) is 5.54. The second-order valence-electron chi connectivity index (χ2n) is 9.17. The van der Waals surface area contributed by atoms with Gasteiger partial charge in [-0.1, -0.05) is 80.6 Å². The van der Waals surface area contributed by atoms with Crippen LogP contribution in [0.1, 0.15) is 44.4 Å². The fourth-order valence-corrected chi connectivity index (χ4v) is 4.36. The number of rotatable bonds is 7. The molecule has 2 unspecified atom stereocenters. The van der Waals surface area contributed by atoms with Gasteiger partial charge in [-0.05, 0) is 47.2 Å². The Morgan fingerprint density at radius 3 is 2.33 bits per heavy atom. The highest BCUT2D eigenvalue weighted by Crippen LogP contribution is 2.31. The predicted octanol–water partition coefficient (Wildman–Crippen LogP) is 4.51. The third-order valence-corrected chi connectivity index (χ3v) is 6.15. The van der Waals surface area contributed by atoms with Crippen LogP contribution in [0.3, 0.4) is 0 Å². The van der Waals surface area contributed by atoms with Crippen LogP contribution in [0.5, 0.6) is 0 Å². The van der Waals surface area contributed by atoms with E-state index in [4.69, 9.17) is 0 Å². The number of urea groups is 1. The zero-order chi connectivity index (χ0) is 23.6. The molecular weight excluding hydrogens is 414 g/mol. The minimum absolute atomic E-state index is 0.189. The smallest absolute Gasteiger partial charge is 0.325 e. The number of fused-ring (bicyclic) bond motifs is 1. The lowest BCUT2D eigenvalue weighted by atomic mass is 9.90. The van der Waals surface area contributed by atoms with Crippen LogP contribution in [-0.2, 0) is 15.1 Å². The first-order valence-corrected chi connectivity index (χ1v) is 11.3. The van der Waals surface area contributed by atoms with E-state index >= 15 is 0 Å². The topological polar surface area (TPSA) is 78.5 Å². The first-order valence-electron chi connectivity index (χ1n) is 11.3. The van der Waals surface area contributed by atoms with Crippen LogP contribution in [0, 0.1) is 5.92 Å². The maximum absolute atomic E-state index is 13.3. The number of carbonyl (C=O) groups excluding carboxylic acids is 3. The van der Waals surface area contributed by atoms with Gasteiger partial charge < -0.3 is 10.6 Å². The van der Waals surface area contributed by atoms with Gasteiger partial charge in [0.05, 0.1) is 6.04 Å².